The lowest BCUT2D eigenvalue weighted by atomic mass is 9.89. The standard InChI is InChI=1S/C22H27NO4/c1-14-15(2)22(26-6)20(16(3)21(14)25-5)19(10-8-12-27-17(4)24)18-9-7-11-23-13-18/h7,9-11,13H,8,12H2,1-6H3. The first kappa shape index (κ1) is 20.5. The topological polar surface area (TPSA) is 57.7 Å². The van der Waals surface area contributed by atoms with Gasteiger partial charge in [-0.15, -0.1) is 0 Å². The number of carbonyl (C=O) groups excluding carboxylic acids is 1. The van der Waals surface area contributed by atoms with E-state index in [1.165, 1.54) is 6.92 Å². The Hall–Kier alpha value is -2.82. The van der Waals surface area contributed by atoms with Gasteiger partial charge >= 0.3 is 5.97 Å². The molecular formula is C22H27NO4. The molecule has 27 heavy (non-hydrogen) atoms. The van der Waals surface area contributed by atoms with Crippen LogP contribution < -0.4 is 9.47 Å². The molecule has 1 aromatic carbocycles. The molecule has 1 aromatic heterocycles. The fraction of sp³-hybridized carbons (Fsp3) is 0.364. The lowest BCUT2D eigenvalue weighted by molar-refractivity contribution is -0.140. The summed E-state index contributed by atoms with van der Waals surface area (Å²) < 4.78 is 16.5. The predicted molar refractivity (Wildman–Crippen MR) is 106 cm³/mol. The van der Waals surface area contributed by atoms with Gasteiger partial charge in [-0.3, -0.25) is 9.78 Å². The molecule has 5 nitrogen and oxygen atoms in total. The second-order valence-corrected chi connectivity index (χ2v) is 6.30. The Balaban J connectivity index is 2.67. The normalized spacial score (nSPS) is 11.3. The number of pyridine rings is 1. The number of aromatic nitrogens is 1. The maximum atomic E-state index is 11.1. The minimum absolute atomic E-state index is 0.284. The summed E-state index contributed by atoms with van der Waals surface area (Å²) in [7, 11) is 3.36. The van der Waals surface area contributed by atoms with Crippen LogP contribution in [0.25, 0.3) is 5.57 Å². The van der Waals surface area contributed by atoms with Crippen molar-refractivity contribution < 1.29 is 19.0 Å². The van der Waals surface area contributed by atoms with Gasteiger partial charge in [0.1, 0.15) is 11.5 Å². The molecule has 0 atom stereocenters. The van der Waals surface area contributed by atoms with Crippen molar-refractivity contribution in [1.29, 1.82) is 0 Å². The first-order valence-corrected chi connectivity index (χ1v) is 8.88. The summed E-state index contributed by atoms with van der Waals surface area (Å²) in [5.41, 5.74) is 6.00. The van der Waals surface area contributed by atoms with Crippen LogP contribution >= 0.6 is 0 Å². The first-order chi connectivity index (χ1) is 12.9. The minimum atomic E-state index is -0.284. The Morgan fingerprint density at radius 1 is 1.07 bits per heavy atom. The number of ether oxygens (including phenoxy) is 3. The number of benzene rings is 1. The van der Waals surface area contributed by atoms with Crippen LogP contribution in [0, 0.1) is 20.8 Å². The molecule has 0 saturated carbocycles. The number of hydrogen-bond donors (Lipinski definition) is 0. The molecule has 0 aliphatic rings. The molecule has 0 amide bonds. The van der Waals surface area contributed by atoms with Crippen LogP contribution in [0.3, 0.4) is 0 Å². The summed E-state index contributed by atoms with van der Waals surface area (Å²) in [6, 6.07) is 3.90. The van der Waals surface area contributed by atoms with Crippen molar-refractivity contribution in [2.75, 3.05) is 20.8 Å². The molecule has 0 unspecified atom stereocenters. The minimum Gasteiger partial charge on any atom is -0.496 e. The average Bonchev–Trinajstić information content (AvgIpc) is 2.66. The van der Waals surface area contributed by atoms with Crippen molar-refractivity contribution in [3.05, 3.63) is 58.4 Å². The van der Waals surface area contributed by atoms with Gasteiger partial charge in [0.25, 0.3) is 0 Å². The highest BCUT2D eigenvalue weighted by molar-refractivity contribution is 5.86. The van der Waals surface area contributed by atoms with E-state index in [2.05, 4.69) is 11.1 Å². The third-order valence-corrected chi connectivity index (χ3v) is 4.61. The van der Waals surface area contributed by atoms with Gasteiger partial charge in [-0.05, 0) is 43.5 Å². The molecule has 0 spiro atoms. The molecule has 0 aliphatic carbocycles. The summed E-state index contributed by atoms with van der Waals surface area (Å²) in [4.78, 5) is 15.3. The van der Waals surface area contributed by atoms with Gasteiger partial charge in [-0.2, -0.15) is 0 Å². The summed E-state index contributed by atoms with van der Waals surface area (Å²) in [5.74, 6) is 1.37. The smallest absolute Gasteiger partial charge is 0.302 e. The highest BCUT2D eigenvalue weighted by Crippen LogP contribution is 2.43. The summed E-state index contributed by atoms with van der Waals surface area (Å²) in [6.45, 7) is 7.82. The van der Waals surface area contributed by atoms with Crippen molar-refractivity contribution >= 4 is 11.5 Å². The van der Waals surface area contributed by atoms with Crippen molar-refractivity contribution in [3.8, 4) is 11.5 Å². The number of rotatable bonds is 7. The zero-order valence-corrected chi connectivity index (χ0v) is 16.9. The van der Waals surface area contributed by atoms with Crippen molar-refractivity contribution in [3.63, 3.8) is 0 Å². The highest BCUT2D eigenvalue weighted by atomic mass is 16.5. The first-order valence-electron chi connectivity index (χ1n) is 8.88. The monoisotopic (exact) mass is 369 g/mol. The molecule has 2 rings (SSSR count). The van der Waals surface area contributed by atoms with E-state index in [1.807, 2.05) is 39.1 Å². The van der Waals surface area contributed by atoms with Gasteiger partial charge < -0.3 is 14.2 Å². The fourth-order valence-corrected chi connectivity index (χ4v) is 3.27. The SMILES string of the molecule is COc1c(C)c(C)c(OC)c(C(=CCCOC(C)=O)c2cccnc2)c1C. The third-order valence-electron chi connectivity index (χ3n) is 4.61. The molecule has 0 aliphatic heterocycles. The molecule has 0 saturated heterocycles. The van der Waals surface area contributed by atoms with Gasteiger partial charge in [0.05, 0.1) is 20.8 Å². The second-order valence-electron chi connectivity index (χ2n) is 6.30. The van der Waals surface area contributed by atoms with Crippen molar-refractivity contribution in [2.24, 2.45) is 0 Å². The lowest BCUT2D eigenvalue weighted by Crippen LogP contribution is -2.05. The van der Waals surface area contributed by atoms with E-state index in [9.17, 15) is 4.79 Å². The zero-order valence-electron chi connectivity index (χ0n) is 16.9. The lowest BCUT2D eigenvalue weighted by Gasteiger charge is -2.22. The molecule has 0 radical (unpaired) electrons. The van der Waals surface area contributed by atoms with Crippen LogP contribution in [0.5, 0.6) is 11.5 Å². The maximum Gasteiger partial charge on any atom is 0.302 e. The van der Waals surface area contributed by atoms with Crippen LogP contribution in [0.2, 0.25) is 0 Å². The van der Waals surface area contributed by atoms with Crippen LogP contribution in [-0.2, 0) is 9.53 Å². The van der Waals surface area contributed by atoms with E-state index in [1.54, 1.807) is 20.4 Å². The number of esters is 1. The van der Waals surface area contributed by atoms with E-state index in [-0.39, 0.29) is 5.97 Å². The Morgan fingerprint density at radius 3 is 2.30 bits per heavy atom. The molecule has 2 aromatic rings. The van der Waals surface area contributed by atoms with Crippen LogP contribution in [0.4, 0.5) is 0 Å². The molecule has 5 heteroatoms. The molecule has 0 fully saturated rings. The van der Waals surface area contributed by atoms with Crippen LogP contribution in [-0.4, -0.2) is 31.8 Å². The van der Waals surface area contributed by atoms with Gasteiger partial charge in [0, 0.05) is 42.4 Å². The number of hydrogen-bond acceptors (Lipinski definition) is 5. The summed E-state index contributed by atoms with van der Waals surface area (Å²) >= 11 is 0. The van der Waals surface area contributed by atoms with Gasteiger partial charge in [-0.1, -0.05) is 12.1 Å². The number of carbonyl (C=O) groups is 1. The average molecular weight is 369 g/mol. The molecule has 0 N–H and O–H groups in total. The van der Waals surface area contributed by atoms with Gasteiger partial charge in [0.15, 0.2) is 0 Å². The predicted octanol–water partition coefficient (Wildman–Crippen LogP) is 4.41. The van der Waals surface area contributed by atoms with E-state index in [0.717, 1.165) is 44.9 Å². The quantitative estimate of drug-likeness (QED) is 0.534. The van der Waals surface area contributed by atoms with E-state index >= 15 is 0 Å². The Morgan fingerprint density at radius 2 is 1.74 bits per heavy atom. The van der Waals surface area contributed by atoms with E-state index in [0.29, 0.717) is 13.0 Å². The molecule has 0 bridgehead atoms. The highest BCUT2D eigenvalue weighted by Gasteiger charge is 2.22. The fourth-order valence-electron chi connectivity index (χ4n) is 3.27. The van der Waals surface area contributed by atoms with Crippen LogP contribution in [0.1, 0.15) is 41.2 Å². The molecule has 1 heterocycles. The van der Waals surface area contributed by atoms with Crippen molar-refractivity contribution in [1.82, 2.24) is 4.98 Å². The largest absolute Gasteiger partial charge is 0.496 e. The van der Waals surface area contributed by atoms with Gasteiger partial charge in [0.2, 0.25) is 0 Å². The zero-order chi connectivity index (χ0) is 20.0. The van der Waals surface area contributed by atoms with Gasteiger partial charge in [-0.25, -0.2) is 0 Å². The van der Waals surface area contributed by atoms with E-state index < -0.39 is 0 Å². The summed E-state index contributed by atoms with van der Waals surface area (Å²) in [6.07, 6.45) is 6.20. The number of methoxy groups -OCH3 is 2. The Kier molecular flexibility index (Phi) is 6.99. The molecular weight excluding hydrogens is 342 g/mol. The second kappa shape index (κ2) is 9.21. The maximum absolute atomic E-state index is 11.1. The number of nitrogens with zero attached hydrogens (tertiary/aromatic N) is 1. The molecule has 144 valence electrons. The third kappa shape index (κ3) is 4.48. The van der Waals surface area contributed by atoms with Crippen LogP contribution in [0.15, 0.2) is 30.6 Å². The van der Waals surface area contributed by atoms with Crippen molar-refractivity contribution in [2.45, 2.75) is 34.1 Å². The Bertz CT molecular complexity index is 841. The Labute approximate surface area is 161 Å². The summed E-state index contributed by atoms with van der Waals surface area (Å²) in [5, 5.41) is 0. The van der Waals surface area contributed by atoms with E-state index in [4.69, 9.17) is 14.2 Å².